The van der Waals surface area contributed by atoms with E-state index in [9.17, 15) is 8.78 Å². The zero-order chi connectivity index (χ0) is 14.5. The predicted octanol–water partition coefficient (Wildman–Crippen LogP) is 3.27. The first-order valence-electron chi connectivity index (χ1n) is 6.63. The number of aryl methyl sites for hydroxylation is 1. The van der Waals surface area contributed by atoms with Crippen LogP contribution in [0.2, 0.25) is 0 Å². The first kappa shape index (κ1) is 14.6. The molecular formula is C16H18F2N2. The second-order valence-corrected chi connectivity index (χ2v) is 4.77. The molecular weight excluding hydrogens is 258 g/mol. The van der Waals surface area contributed by atoms with Crippen molar-refractivity contribution in [2.24, 2.45) is 5.84 Å². The normalized spacial score (nSPS) is 12.4. The molecule has 0 radical (unpaired) electrons. The molecule has 0 saturated carbocycles. The number of nitrogens with two attached hydrogens (primary N) is 1. The Hall–Kier alpha value is -1.78. The van der Waals surface area contributed by atoms with E-state index in [-0.39, 0.29) is 6.04 Å². The van der Waals surface area contributed by atoms with Gasteiger partial charge in [-0.15, -0.1) is 0 Å². The highest BCUT2D eigenvalue weighted by Crippen LogP contribution is 2.20. The molecule has 2 aromatic rings. The van der Waals surface area contributed by atoms with E-state index in [1.165, 1.54) is 11.6 Å². The number of nitrogens with one attached hydrogen (secondary N) is 1. The van der Waals surface area contributed by atoms with Gasteiger partial charge >= 0.3 is 0 Å². The van der Waals surface area contributed by atoms with E-state index in [1.807, 2.05) is 12.1 Å². The van der Waals surface area contributed by atoms with E-state index >= 15 is 0 Å². The zero-order valence-corrected chi connectivity index (χ0v) is 11.4. The summed E-state index contributed by atoms with van der Waals surface area (Å²) in [5.74, 6) is 3.93. The Labute approximate surface area is 117 Å². The van der Waals surface area contributed by atoms with Gasteiger partial charge in [-0.3, -0.25) is 11.3 Å². The molecule has 0 aromatic heterocycles. The number of halogens is 2. The Kier molecular flexibility index (Phi) is 4.82. The fourth-order valence-electron chi connectivity index (χ4n) is 2.21. The first-order chi connectivity index (χ1) is 9.63. The van der Waals surface area contributed by atoms with Crippen LogP contribution >= 0.6 is 0 Å². The van der Waals surface area contributed by atoms with Crippen molar-refractivity contribution in [3.05, 3.63) is 70.8 Å². The molecule has 20 heavy (non-hydrogen) atoms. The molecule has 3 N–H and O–H groups in total. The molecule has 0 aliphatic rings. The third kappa shape index (κ3) is 3.40. The second-order valence-electron chi connectivity index (χ2n) is 4.77. The maximum Gasteiger partial charge on any atom is 0.159 e. The highest BCUT2D eigenvalue weighted by atomic mass is 19.2. The van der Waals surface area contributed by atoms with Crippen molar-refractivity contribution in [1.82, 2.24) is 5.43 Å². The second kappa shape index (κ2) is 6.59. The van der Waals surface area contributed by atoms with Crippen LogP contribution in [0.1, 0.15) is 29.7 Å². The molecule has 0 bridgehead atoms. The van der Waals surface area contributed by atoms with Gasteiger partial charge in [-0.05, 0) is 41.7 Å². The largest absolute Gasteiger partial charge is 0.271 e. The van der Waals surface area contributed by atoms with Crippen LogP contribution in [0.4, 0.5) is 8.78 Å². The summed E-state index contributed by atoms with van der Waals surface area (Å²) in [7, 11) is 0. The minimum atomic E-state index is -0.834. The van der Waals surface area contributed by atoms with Gasteiger partial charge in [0.1, 0.15) is 0 Å². The van der Waals surface area contributed by atoms with Crippen LogP contribution in [0, 0.1) is 11.6 Å². The number of hydrazine groups is 1. The van der Waals surface area contributed by atoms with Crippen molar-refractivity contribution in [3.8, 4) is 0 Å². The molecule has 0 fully saturated rings. The van der Waals surface area contributed by atoms with Crippen LogP contribution in [-0.2, 0) is 12.8 Å². The lowest BCUT2D eigenvalue weighted by Gasteiger charge is -2.17. The Balaban J connectivity index is 2.21. The van der Waals surface area contributed by atoms with Gasteiger partial charge in [0.2, 0.25) is 0 Å². The summed E-state index contributed by atoms with van der Waals surface area (Å²) >= 11 is 0. The standard InChI is InChI=1S/C16H18F2N2/c1-2-11-4-3-5-13(8-11)16(20-19)10-12-6-7-14(17)15(18)9-12/h3-9,16,20H,2,10,19H2,1H3. The topological polar surface area (TPSA) is 38.0 Å². The summed E-state index contributed by atoms with van der Waals surface area (Å²) in [6.45, 7) is 2.08. The average molecular weight is 276 g/mol. The van der Waals surface area contributed by atoms with Gasteiger partial charge in [0.25, 0.3) is 0 Å². The van der Waals surface area contributed by atoms with Gasteiger partial charge in [0.15, 0.2) is 11.6 Å². The van der Waals surface area contributed by atoms with Gasteiger partial charge in [-0.25, -0.2) is 8.78 Å². The van der Waals surface area contributed by atoms with Crippen LogP contribution < -0.4 is 11.3 Å². The Morgan fingerprint density at radius 3 is 2.50 bits per heavy atom. The first-order valence-corrected chi connectivity index (χ1v) is 6.63. The number of hydrogen-bond donors (Lipinski definition) is 2. The molecule has 4 heteroatoms. The molecule has 0 spiro atoms. The lowest BCUT2D eigenvalue weighted by molar-refractivity contribution is 0.502. The van der Waals surface area contributed by atoms with Crippen LogP contribution in [0.5, 0.6) is 0 Å². The molecule has 0 saturated heterocycles. The molecule has 106 valence electrons. The predicted molar refractivity (Wildman–Crippen MR) is 75.9 cm³/mol. The Morgan fingerprint density at radius 2 is 1.85 bits per heavy atom. The fourth-order valence-corrected chi connectivity index (χ4v) is 2.21. The molecule has 0 aliphatic heterocycles. The molecule has 0 heterocycles. The summed E-state index contributed by atoms with van der Waals surface area (Å²) in [6, 6.07) is 11.9. The van der Waals surface area contributed by atoms with Crippen LogP contribution in [0.25, 0.3) is 0 Å². The fraction of sp³-hybridized carbons (Fsp3) is 0.250. The molecule has 0 aliphatic carbocycles. The summed E-state index contributed by atoms with van der Waals surface area (Å²) < 4.78 is 26.2. The highest BCUT2D eigenvalue weighted by Gasteiger charge is 2.12. The van der Waals surface area contributed by atoms with Gasteiger partial charge in [0.05, 0.1) is 0 Å². The number of hydrogen-bond acceptors (Lipinski definition) is 2. The van der Waals surface area contributed by atoms with E-state index in [1.54, 1.807) is 6.07 Å². The lowest BCUT2D eigenvalue weighted by Crippen LogP contribution is -2.29. The summed E-state index contributed by atoms with van der Waals surface area (Å²) in [5.41, 5.74) is 5.69. The van der Waals surface area contributed by atoms with Crippen LogP contribution in [0.15, 0.2) is 42.5 Å². The lowest BCUT2D eigenvalue weighted by atomic mass is 9.97. The van der Waals surface area contributed by atoms with Crippen molar-refractivity contribution >= 4 is 0 Å². The molecule has 2 nitrogen and oxygen atoms in total. The average Bonchev–Trinajstić information content (AvgIpc) is 2.48. The maximum absolute atomic E-state index is 13.2. The van der Waals surface area contributed by atoms with Crippen molar-refractivity contribution in [1.29, 1.82) is 0 Å². The van der Waals surface area contributed by atoms with E-state index in [0.29, 0.717) is 12.0 Å². The molecule has 1 unspecified atom stereocenters. The Morgan fingerprint density at radius 1 is 1.05 bits per heavy atom. The quantitative estimate of drug-likeness (QED) is 0.649. The van der Waals surface area contributed by atoms with E-state index in [4.69, 9.17) is 5.84 Å². The summed E-state index contributed by atoms with van der Waals surface area (Å²) in [6.07, 6.45) is 1.44. The van der Waals surface area contributed by atoms with Crippen molar-refractivity contribution in [2.45, 2.75) is 25.8 Å². The van der Waals surface area contributed by atoms with Gasteiger partial charge < -0.3 is 0 Å². The van der Waals surface area contributed by atoms with Gasteiger partial charge in [-0.2, -0.15) is 0 Å². The monoisotopic (exact) mass is 276 g/mol. The third-order valence-electron chi connectivity index (χ3n) is 3.39. The summed E-state index contributed by atoms with van der Waals surface area (Å²) in [5, 5.41) is 0. The minimum Gasteiger partial charge on any atom is -0.271 e. The van der Waals surface area contributed by atoms with E-state index in [0.717, 1.165) is 18.1 Å². The molecule has 1 atom stereocenters. The van der Waals surface area contributed by atoms with Crippen molar-refractivity contribution < 1.29 is 8.78 Å². The van der Waals surface area contributed by atoms with Gasteiger partial charge in [-0.1, -0.05) is 37.3 Å². The van der Waals surface area contributed by atoms with Crippen molar-refractivity contribution in [2.75, 3.05) is 0 Å². The van der Waals surface area contributed by atoms with Crippen LogP contribution in [-0.4, -0.2) is 0 Å². The number of rotatable bonds is 5. The molecule has 2 rings (SSSR count). The summed E-state index contributed by atoms with van der Waals surface area (Å²) in [4.78, 5) is 0. The molecule has 2 aromatic carbocycles. The third-order valence-corrected chi connectivity index (χ3v) is 3.39. The molecule has 0 amide bonds. The van der Waals surface area contributed by atoms with Crippen molar-refractivity contribution in [3.63, 3.8) is 0 Å². The van der Waals surface area contributed by atoms with E-state index < -0.39 is 11.6 Å². The smallest absolute Gasteiger partial charge is 0.159 e. The zero-order valence-electron chi connectivity index (χ0n) is 11.4. The van der Waals surface area contributed by atoms with E-state index in [2.05, 4.69) is 24.5 Å². The highest BCUT2D eigenvalue weighted by molar-refractivity contribution is 5.28. The van der Waals surface area contributed by atoms with Crippen LogP contribution in [0.3, 0.4) is 0 Å². The maximum atomic E-state index is 13.2. The SMILES string of the molecule is CCc1cccc(C(Cc2ccc(F)c(F)c2)NN)c1. The van der Waals surface area contributed by atoms with Gasteiger partial charge in [0, 0.05) is 6.04 Å². The number of benzene rings is 2. The Bertz CT molecular complexity index is 584. The minimum absolute atomic E-state index is 0.133.